The van der Waals surface area contributed by atoms with Crippen LogP contribution in [0.25, 0.3) is 10.9 Å². The highest BCUT2D eigenvalue weighted by molar-refractivity contribution is 5.91. The van der Waals surface area contributed by atoms with Gasteiger partial charge in [0, 0.05) is 22.7 Å². The van der Waals surface area contributed by atoms with Gasteiger partial charge in [-0.15, -0.1) is 0 Å². The van der Waals surface area contributed by atoms with E-state index in [1.54, 1.807) is 0 Å². The number of esters is 1. The average Bonchev–Trinajstić information content (AvgIpc) is 3.12. The third-order valence-electron chi connectivity index (χ3n) is 6.84. The Labute approximate surface area is 186 Å². The summed E-state index contributed by atoms with van der Waals surface area (Å²) in [6.45, 7) is 6.59. The number of aromatic amines is 1. The zero-order valence-corrected chi connectivity index (χ0v) is 18.2. The molecule has 2 saturated heterocycles. The second kappa shape index (κ2) is 8.13. The third kappa shape index (κ3) is 4.05. The van der Waals surface area contributed by atoms with Crippen LogP contribution in [-0.4, -0.2) is 41.5 Å². The fraction of sp³-hybridized carbons (Fsp3) is 0.440. The molecular formula is C25H28N2O5. The van der Waals surface area contributed by atoms with E-state index >= 15 is 0 Å². The fourth-order valence-electron chi connectivity index (χ4n) is 4.86. The van der Waals surface area contributed by atoms with Crippen LogP contribution in [-0.2, 0) is 25.5 Å². The van der Waals surface area contributed by atoms with Gasteiger partial charge in [-0.2, -0.15) is 0 Å². The van der Waals surface area contributed by atoms with Crippen molar-refractivity contribution in [1.29, 1.82) is 0 Å². The van der Waals surface area contributed by atoms with E-state index in [2.05, 4.69) is 29.9 Å². The maximum absolute atomic E-state index is 12.3. The molecule has 5 rings (SSSR count). The molecule has 3 aliphatic rings. The second-order valence-electron chi connectivity index (χ2n) is 9.10. The van der Waals surface area contributed by atoms with Crippen molar-refractivity contribution in [3.8, 4) is 0 Å². The van der Waals surface area contributed by atoms with E-state index in [0.717, 1.165) is 47.9 Å². The number of carbonyl (C=O) groups is 2. The maximum atomic E-state index is 12.3. The molecule has 4 atom stereocenters. The van der Waals surface area contributed by atoms with Crippen molar-refractivity contribution in [3.63, 3.8) is 0 Å². The number of H-pyrrole nitrogens is 1. The summed E-state index contributed by atoms with van der Waals surface area (Å²) in [5.74, 6) is -0.387. The number of epoxide rings is 1. The van der Waals surface area contributed by atoms with Crippen LogP contribution in [0.15, 0.2) is 54.1 Å². The van der Waals surface area contributed by atoms with Crippen molar-refractivity contribution in [2.24, 2.45) is 5.92 Å². The van der Waals surface area contributed by atoms with Gasteiger partial charge in [-0.1, -0.05) is 30.9 Å². The van der Waals surface area contributed by atoms with Crippen LogP contribution >= 0.6 is 0 Å². The normalized spacial score (nSPS) is 31.2. The summed E-state index contributed by atoms with van der Waals surface area (Å²) in [4.78, 5) is 27.6. The SMILES string of the molecule is C=C1C(=O)O[C@H]2[C@H]1CC/C(COC(=O)NCc1cc3ccccc3[nH]1)=C\CC[C@@]1(C)O[C@@H]21. The third-order valence-corrected chi connectivity index (χ3v) is 6.84. The molecule has 2 fully saturated rings. The van der Waals surface area contributed by atoms with Crippen LogP contribution in [0, 0.1) is 5.92 Å². The number of benzene rings is 1. The van der Waals surface area contributed by atoms with E-state index in [1.807, 2.05) is 30.3 Å². The minimum atomic E-state index is -0.458. The zero-order valence-electron chi connectivity index (χ0n) is 18.2. The molecule has 1 aromatic carbocycles. The van der Waals surface area contributed by atoms with Gasteiger partial charge in [0.05, 0.1) is 12.1 Å². The number of ether oxygens (including phenoxy) is 3. The lowest BCUT2D eigenvalue weighted by atomic mass is 9.84. The molecule has 7 heteroatoms. The van der Waals surface area contributed by atoms with E-state index in [1.165, 1.54) is 0 Å². The number of alkyl carbamates (subject to hydrolysis) is 1. The van der Waals surface area contributed by atoms with Gasteiger partial charge in [0.25, 0.3) is 0 Å². The molecule has 2 aliphatic heterocycles. The Morgan fingerprint density at radius 3 is 3.06 bits per heavy atom. The molecular weight excluding hydrogens is 408 g/mol. The van der Waals surface area contributed by atoms with Crippen LogP contribution < -0.4 is 5.32 Å². The molecule has 0 bridgehead atoms. The first-order valence-corrected chi connectivity index (χ1v) is 11.2. The van der Waals surface area contributed by atoms with Gasteiger partial charge in [-0.25, -0.2) is 9.59 Å². The lowest BCUT2D eigenvalue weighted by Gasteiger charge is -2.20. The van der Waals surface area contributed by atoms with Crippen LogP contribution in [0.5, 0.6) is 0 Å². The van der Waals surface area contributed by atoms with Crippen molar-refractivity contribution < 1.29 is 23.8 Å². The predicted octanol–water partition coefficient (Wildman–Crippen LogP) is 4.15. The number of para-hydroxylation sites is 1. The van der Waals surface area contributed by atoms with Crippen molar-refractivity contribution in [2.45, 2.75) is 57.0 Å². The number of hydrogen-bond donors (Lipinski definition) is 2. The van der Waals surface area contributed by atoms with Gasteiger partial charge in [0.15, 0.2) is 0 Å². The molecule has 0 unspecified atom stereocenters. The summed E-state index contributed by atoms with van der Waals surface area (Å²) in [6.07, 6.45) is 4.45. The predicted molar refractivity (Wildman–Crippen MR) is 119 cm³/mol. The minimum absolute atomic E-state index is 0.0580. The van der Waals surface area contributed by atoms with Gasteiger partial charge in [0.1, 0.15) is 18.8 Å². The Balaban J connectivity index is 1.17. The molecule has 0 radical (unpaired) electrons. The number of nitrogens with one attached hydrogen (secondary N) is 2. The lowest BCUT2D eigenvalue weighted by molar-refractivity contribution is -0.140. The number of amides is 1. The molecule has 32 heavy (non-hydrogen) atoms. The molecule has 0 saturated carbocycles. The summed E-state index contributed by atoms with van der Waals surface area (Å²) < 4.78 is 17.0. The van der Waals surface area contributed by atoms with Crippen LogP contribution in [0.4, 0.5) is 4.79 Å². The molecule has 2 aromatic rings. The molecule has 2 N–H and O–H groups in total. The smallest absolute Gasteiger partial charge is 0.407 e. The number of hydrogen-bond acceptors (Lipinski definition) is 5. The lowest BCUT2D eigenvalue weighted by Crippen LogP contribution is -2.29. The monoisotopic (exact) mass is 436 g/mol. The number of rotatable bonds is 4. The van der Waals surface area contributed by atoms with Crippen molar-refractivity contribution in [1.82, 2.24) is 10.3 Å². The first-order valence-electron chi connectivity index (χ1n) is 11.2. The number of aromatic nitrogens is 1. The van der Waals surface area contributed by atoms with Crippen LogP contribution in [0.2, 0.25) is 0 Å². The van der Waals surface area contributed by atoms with Crippen LogP contribution in [0.3, 0.4) is 0 Å². The minimum Gasteiger partial charge on any atom is -0.455 e. The average molecular weight is 437 g/mol. The Kier molecular flexibility index (Phi) is 5.29. The molecule has 1 amide bonds. The molecule has 168 valence electrons. The molecule has 3 heterocycles. The standard InChI is InChI=1S/C25H28N2O5/c1-15-19-10-9-16(6-5-11-25(2)22(32-25)21(19)31-23(15)28)14-30-24(29)26-13-18-12-17-7-3-4-8-20(17)27-18/h3-4,6-8,12,19,21-22,27H,1,5,9-11,13-14H2,2H3,(H,26,29)/b16-6+/t19-,21-,22-,25+/m0/s1. The largest absolute Gasteiger partial charge is 0.455 e. The summed E-state index contributed by atoms with van der Waals surface area (Å²) in [6, 6.07) is 9.99. The molecule has 1 aliphatic carbocycles. The highest BCUT2D eigenvalue weighted by Crippen LogP contribution is 2.49. The summed E-state index contributed by atoms with van der Waals surface area (Å²) >= 11 is 0. The number of carbonyl (C=O) groups excluding carboxylic acids is 2. The number of fused-ring (bicyclic) bond motifs is 4. The topological polar surface area (TPSA) is 92.9 Å². The first kappa shape index (κ1) is 20.8. The van der Waals surface area contributed by atoms with Gasteiger partial charge >= 0.3 is 12.1 Å². The first-order chi connectivity index (χ1) is 15.4. The van der Waals surface area contributed by atoms with E-state index in [4.69, 9.17) is 14.2 Å². The summed E-state index contributed by atoms with van der Waals surface area (Å²) in [5.41, 5.74) is 3.24. The quantitative estimate of drug-likeness (QED) is 0.325. The maximum Gasteiger partial charge on any atom is 0.407 e. The van der Waals surface area contributed by atoms with E-state index < -0.39 is 6.09 Å². The van der Waals surface area contributed by atoms with Crippen LogP contribution in [0.1, 0.15) is 38.3 Å². The van der Waals surface area contributed by atoms with Gasteiger partial charge in [0.2, 0.25) is 0 Å². The summed E-state index contributed by atoms with van der Waals surface area (Å²) in [5, 5.41) is 3.91. The van der Waals surface area contributed by atoms with Crippen molar-refractivity contribution in [2.75, 3.05) is 6.61 Å². The second-order valence-corrected chi connectivity index (χ2v) is 9.10. The van der Waals surface area contributed by atoms with E-state index in [0.29, 0.717) is 12.1 Å². The highest BCUT2D eigenvalue weighted by atomic mass is 16.6. The Bertz CT molecular complexity index is 1070. The van der Waals surface area contributed by atoms with Gasteiger partial charge < -0.3 is 24.5 Å². The van der Waals surface area contributed by atoms with Gasteiger partial charge in [-0.05, 0) is 55.7 Å². The van der Waals surface area contributed by atoms with Crippen molar-refractivity contribution >= 4 is 23.0 Å². The Morgan fingerprint density at radius 2 is 2.22 bits per heavy atom. The highest BCUT2D eigenvalue weighted by Gasteiger charge is 2.61. The molecule has 0 spiro atoms. The van der Waals surface area contributed by atoms with E-state index in [9.17, 15) is 9.59 Å². The number of allylic oxidation sites excluding steroid dienone is 1. The van der Waals surface area contributed by atoms with Gasteiger partial charge in [-0.3, -0.25) is 0 Å². The van der Waals surface area contributed by atoms with Crippen molar-refractivity contribution in [3.05, 3.63) is 59.8 Å². The Hall–Kier alpha value is -3.06. The Morgan fingerprint density at radius 1 is 1.38 bits per heavy atom. The zero-order chi connectivity index (χ0) is 22.3. The van der Waals surface area contributed by atoms with E-state index in [-0.39, 0.29) is 36.3 Å². The summed E-state index contributed by atoms with van der Waals surface area (Å²) in [7, 11) is 0. The molecule has 1 aromatic heterocycles. The fourth-order valence-corrected chi connectivity index (χ4v) is 4.86. The molecule has 7 nitrogen and oxygen atoms in total.